The van der Waals surface area contributed by atoms with Crippen molar-refractivity contribution in [3.05, 3.63) is 65.9 Å². The minimum Gasteiger partial charge on any atom is -0.490 e. The van der Waals surface area contributed by atoms with Crippen LogP contribution in [-0.4, -0.2) is 16.1 Å². The highest BCUT2D eigenvalue weighted by molar-refractivity contribution is 5.63. The van der Waals surface area contributed by atoms with E-state index in [0.29, 0.717) is 17.3 Å². The zero-order valence-corrected chi connectivity index (χ0v) is 20.0. The smallest absolute Gasteiger partial charge is 0.421 e. The molecule has 5 nitrogen and oxygen atoms in total. The van der Waals surface area contributed by atoms with Crippen LogP contribution < -0.4 is 15.4 Å². The Labute approximate surface area is 204 Å². The van der Waals surface area contributed by atoms with Crippen LogP contribution >= 0.6 is 0 Å². The normalized spacial score (nSPS) is 14.7. The maximum absolute atomic E-state index is 13.6. The second kappa shape index (κ2) is 11.0. The number of hydrogen-bond donors (Lipinski definition) is 2. The third-order valence-corrected chi connectivity index (χ3v) is 5.89. The lowest BCUT2D eigenvalue weighted by Crippen LogP contribution is -2.19. The Morgan fingerprint density at radius 2 is 1.71 bits per heavy atom. The van der Waals surface area contributed by atoms with Gasteiger partial charge in [-0.2, -0.15) is 18.2 Å². The zero-order chi connectivity index (χ0) is 24.8. The molecule has 2 aromatic carbocycles. The molecule has 3 aromatic rings. The molecule has 35 heavy (non-hydrogen) atoms. The highest BCUT2D eigenvalue weighted by Crippen LogP contribution is 2.35. The Morgan fingerprint density at radius 3 is 2.40 bits per heavy atom. The van der Waals surface area contributed by atoms with Crippen molar-refractivity contribution in [2.75, 3.05) is 10.6 Å². The summed E-state index contributed by atoms with van der Waals surface area (Å²) in [5, 5.41) is 5.83. The summed E-state index contributed by atoms with van der Waals surface area (Å²) in [6.07, 6.45) is 3.06. The molecule has 0 aliphatic heterocycles. The Hall–Kier alpha value is -3.29. The molecule has 1 aliphatic carbocycles. The fraction of sp³-hybridized carbons (Fsp3) is 0.407. The maximum atomic E-state index is 13.6. The molecular formula is C27H31F3N4O. The van der Waals surface area contributed by atoms with Gasteiger partial charge in [-0.05, 0) is 80.0 Å². The molecular weight excluding hydrogens is 453 g/mol. The van der Waals surface area contributed by atoms with Crippen LogP contribution in [0.5, 0.6) is 5.75 Å². The first kappa shape index (κ1) is 24.8. The molecule has 0 spiro atoms. The monoisotopic (exact) mass is 484 g/mol. The number of benzene rings is 2. The number of hydrogen-bond acceptors (Lipinski definition) is 5. The summed E-state index contributed by atoms with van der Waals surface area (Å²) < 4.78 is 47.0. The van der Waals surface area contributed by atoms with E-state index in [4.69, 9.17) is 4.74 Å². The van der Waals surface area contributed by atoms with Crippen LogP contribution in [0, 0.1) is 5.92 Å². The van der Waals surface area contributed by atoms with Crippen LogP contribution in [-0.2, 0) is 12.6 Å². The van der Waals surface area contributed by atoms with Gasteiger partial charge in [0.15, 0.2) is 0 Å². The molecule has 0 radical (unpaired) electrons. The third-order valence-electron chi connectivity index (χ3n) is 5.89. The van der Waals surface area contributed by atoms with E-state index >= 15 is 0 Å². The summed E-state index contributed by atoms with van der Waals surface area (Å²) in [6, 6.07) is 14.7. The molecule has 0 bridgehead atoms. The van der Waals surface area contributed by atoms with E-state index in [9.17, 15) is 13.2 Å². The van der Waals surface area contributed by atoms with Gasteiger partial charge in [-0.1, -0.05) is 32.4 Å². The highest BCUT2D eigenvalue weighted by Gasteiger charge is 2.35. The molecule has 0 unspecified atom stereocenters. The highest BCUT2D eigenvalue weighted by atomic mass is 19.4. The summed E-state index contributed by atoms with van der Waals surface area (Å²) in [4.78, 5) is 8.05. The Morgan fingerprint density at radius 1 is 0.971 bits per heavy atom. The number of anilines is 4. The molecule has 0 atom stereocenters. The third kappa shape index (κ3) is 7.10. The first-order chi connectivity index (χ1) is 16.8. The summed E-state index contributed by atoms with van der Waals surface area (Å²) in [6.45, 7) is 4.19. The summed E-state index contributed by atoms with van der Waals surface area (Å²) in [5.41, 5.74) is 1.32. The molecule has 4 rings (SSSR count). The van der Waals surface area contributed by atoms with E-state index in [2.05, 4.69) is 34.4 Å². The maximum Gasteiger partial charge on any atom is 0.421 e. The number of nitrogens with zero attached hydrogens (tertiary/aromatic N) is 2. The van der Waals surface area contributed by atoms with E-state index in [1.807, 2.05) is 42.5 Å². The van der Waals surface area contributed by atoms with Crippen LogP contribution in [0.4, 0.5) is 36.3 Å². The van der Waals surface area contributed by atoms with Gasteiger partial charge in [0, 0.05) is 17.6 Å². The van der Waals surface area contributed by atoms with E-state index in [0.717, 1.165) is 36.8 Å². The summed E-state index contributed by atoms with van der Waals surface area (Å²) in [5.74, 6) is 0.985. The van der Waals surface area contributed by atoms with Gasteiger partial charge in [0.25, 0.3) is 0 Å². The quantitative estimate of drug-likeness (QED) is 0.340. The minimum atomic E-state index is -4.59. The Kier molecular flexibility index (Phi) is 7.78. The predicted molar refractivity (Wildman–Crippen MR) is 133 cm³/mol. The number of aromatic nitrogens is 2. The molecule has 1 saturated carbocycles. The first-order valence-corrected chi connectivity index (χ1v) is 12.1. The summed E-state index contributed by atoms with van der Waals surface area (Å²) >= 11 is 0. The van der Waals surface area contributed by atoms with Crippen molar-refractivity contribution in [1.29, 1.82) is 0 Å². The second-order valence-corrected chi connectivity index (χ2v) is 9.40. The van der Waals surface area contributed by atoms with Crippen molar-refractivity contribution < 1.29 is 17.9 Å². The van der Waals surface area contributed by atoms with Crippen LogP contribution in [0.3, 0.4) is 0 Å². The molecule has 1 aliphatic rings. The van der Waals surface area contributed by atoms with Crippen LogP contribution in [0.15, 0.2) is 54.7 Å². The molecule has 1 fully saturated rings. The lowest BCUT2D eigenvalue weighted by molar-refractivity contribution is -0.137. The largest absolute Gasteiger partial charge is 0.490 e. The van der Waals surface area contributed by atoms with Crippen molar-refractivity contribution in [1.82, 2.24) is 9.97 Å². The van der Waals surface area contributed by atoms with Crippen LogP contribution in [0.1, 0.15) is 57.1 Å². The molecule has 0 saturated heterocycles. The molecule has 0 amide bonds. The van der Waals surface area contributed by atoms with Gasteiger partial charge in [0.1, 0.15) is 17.1 Å². The molecule has 1 heterocycles. The number of ether oxygens (including phenoxy) is 1. The first-order valence-electron chi connectivity index (χ1n) is 12.1. The van der Waals surface area contributed by atoms with Gasteiger partial charge in [-0.25, -0.2) is 4.98 Å². The average molecular weight is 485 g/mol. The fourth-order valence-electron chi connectivity index (χ4n) is 4.25. The number of halogens is 3. The lowest BCUT2D eigenvalue weighted by atomic mass is 9.98. The average Bonchev–Trinajstić information content (AvgIpc) is 2.80. The fourth-order valence-corrected chi connectivity index (χ4v) is 4.25. The Bertz CT molecular complexity index is 1110. The van der Waals surface area contributed by atoms with Gasteiger partial charge in [-0.15, -0.1) is 0 Å². The van der Waals surface area contributed by atoms with Crippen molar-refractivity contribution >= 4 is 23.1 Å². The van der Waals surface area contributed by atoms with Gasteiger partial charge in [0.05, 0.1) is 6.10 Å². The SMILES string of the molecule is CC(C)Cc1cccc(Nc2nc(Nc3ccc(OC4CCCCC4)cc3)ncc2C(F)(F)F)c1. The van der Waals surface area contributed by atoms with Crippen molar-refractivity contribution in [2.45, 2.75) is 64.7 Å². The number of rotatable bonds is 8. The van der Waals surface area contributed by atoms with E-state index in [-0.39, 0.29) is 17.9 Å². The van der Waals surface area contributed by atoms with E-state index < -0.39 is 11.7 Å². The molecule has 1 aromatic heterocycles. The van der Waals surface area contributed by atoms with Crippen LogP contribution in [0.2, 0.25) is 0 Å². The van der Waals surface area contributed by atoms with Crippen molar-refractivity contribution in [3.8, 4) is 5.75 Å². The zero-order valence-electron chi connectivity index (χ0n) is 20.0. The standard InChI is InChI=1S/C27H31F3N4O/c1-18(2)15-19-7-6-8-21(16-19)32-25-24(27(28,29)30)17-31-26(34-25)33-20-11-13-23(14-12-20)35-22-9-4-3-5-10-22/h6-8,11-14,16-18,22H,3-5,9-10,15H2,1-2H3,(H2,31,32,33,34). The van der Waals surface area contributed by atoms with E-state index in [1.165, 1.54) is 19.3 Å². The topological polar surface area (TPSA) is 59.1 Å². The van der Waals surface area contributed by atoms with Crippen molar-refractivity contribution in [2.24, 2.45) is 5.92 Å². The van der Waals surface area contributed by atoms with Gasteiger partial charge >= 0.3 is 6.18 Å². The van der Waals surface area contributed by atoms with Crippen molar-refractivity contribution in [3.63, 3.8) is 0 Å². The summed E-state index contributed by atoms with van der Waals surface area (Å²) in [7, 11) is 0. The molecule has 8 heteroatoms. The van der Waals surface area contributed by atoms with E-state index in [1.54, 1.807) is 6.07 Å². The van der Waals surface area contributed by atoms with Gasteiger partial charge in [-0.3, -0.25) is 0 Å². The van der Waals surface area contributed by atoms with Gasteiger partial charge in [0.2, 0.25) is 5.95 Å². The lowest BCUT2D eigenvalue weighted by Gasteiger charge is -2.23. The second-order valence-electron chi connectivity index (χ2n) is 9.40. The molecule has 186 valence electrons. The minimum absolute atomic E-state index is 0.0692. The predicted octanol–water partition coefficient (Wildman–Crippen LogP) is 7.89. The van der Waals surface area contributed by atoms with Crippen LogP contribution in [0.25, 0.3) is 0 Å². The van der Waals surface area contributed by atoms with Gasteiger partial charge < -0.3 is 15.4 Å². The number of alkyl halides is 3. The number of nitrogens with one attached hydrogen (secondary N) is 2. The molecule has 2 N–H and O–H groups in total. The Balaban J connectivity index is 1.50.